The van der Waals surface area contributed by atoms with Gasteiger partial charge in [0.25, 0.3) is 0 Å². The Balaban J connectivity index is 2.51. The molecule has 0 aliphatic carbocycles. The number of nitrogens with two attached hydrogens (primary N) is 1. The summed E-state index contributed by atoms with van der Waals surface area (Å²) in [6, 6.07) is 2.14. The third-order valence-corrected chi connectivity index (χ3v) is 1.73. The number of hydrogen-bond donors (Lipinski definition) is 1. The summed E-state index contributed by atoms with van der Waals surface area (Å²) < 4.78 is 2.21. The molecule has 0 unspecified atom stereocenters. The fraction of sp³-hybridized carbons (Fsp3) is 0.556. The molecule has 1 heterocycles. The predicted octanol–water partition coefficient (Wildman–Crippen LogP) is 1.40. The number of hydrogen-bond acceptors (Lipinski definition) is 1. The average Bonchev–Trinajstić information content (AvgIpc) is 2.38. The van der Waals surface area contributed by atoms with Crippen LogP contribution in [0.1, 0.15) is 18.9 Å². The quantitative estimate of drug-likeness (QED) is 0.694. The highest BCUT2D eigenvalue weighted by atomic mass is 14.9. The molecule has 1 aromatic rings. The highest BCUT2D eigenvalue weighted by Crippen LogP contribution is 2.01. The van der Waals surface area contributed by atoms with Crippen LogP contribution in [0.15, 0.2) is 18.5 Å². The Labute approximate surface area is 68.0 Å². The Kier molecular flexibility index (Phi) is 3.17. The summed E-state index contributed by atoms with van der Waals surface area (Å²) in [6.45, 7) is 4.04. The van der Waals surface area contributed by atoms with Gasteiger partial charge in [-0.1, -0.05) is 6.92 Å². The van der Waals surface area contributed by atoms with Crippen molar-refractivity contribution < 1.29 is 0 Å². The van der Waals surface area contributed by atoms with E-state index in [0.29, 0.717) is 0 Å². The summed E-state index contributed by atoms with van der Waals surface area (Å²) in [5, 5.41) is 0. The third kappa shape index (κ3) is 2.39. The van der Waals surface area contributed by atoms with Gasteiger partial charge in [0, 0.05) is 18.9 Å². The van der Waals surface area contributed by atoms with Crippen LogP contribution in [0, 0.1) is 0 Å². The smallest absolute Gasteiger partial charge is 0.0217 e. The monoisotopic (exact) mass is 152 g/mol. The van der Waals surface area contributed by atoms with E-state index in [9.17, 15) is 0 Å². The second-order valence-corrected chi connectivity index (χ2v) is 2.80. The van der Waals surface area contributed by atoms with Crippen LogP contribution in [-0.4, -0.2) is 11.1 Å². The van der Waals surface area contributed by atoms with Crippen molar-refractivity contribution in [2.75, 3.05) is 6.54 Å². The molecule has 0 aliphatic heterocycles. The number of aryl methyl sites for hydroxylation is 1. The van der Waals surface area contributed by atoms with Crippen LogP contribution < -0.4 is 5.73 Å². The lowest BCUT2D eigenvalue weighted by Gasteiger charge is -1.96. The standard InChI is InChI=1S/C9H16N2/c1-2-6-11-7-4-9(8-11)3-5-10/h4,7-8H,2-3,5-6,10H2,1H3. The second-order valence-electron chi connectivity index (χ2n) is 2.80. The Morgan fingerprint density at radius 3 is 3.00 bits per heavy atom. The van der Waals surface area contributed by atoms with Gasteiger partial charge in [-0.3, -0.25) is 0 Å². The number of rotatable bonds is 4. The Bertz CT molecular complexity index is 183. The summed E-state index contributed by atoms with van der Waals surface area (Å²) in [5.74, 6) is 0. The first-order valence-electron chi connectivity index (χ1n) is 4.21. The molecule has 0 radical (unpaired) electrons. The highest BCUT2D eigenvalue weighted by molar-refractivity contribution is 5.10. The van der Waals surface area contributed by atoms with Crippen LogP contribution in [0.25, 0.3) is 0 Å². The van der Waals surface area contributed by atoms with Gasteiger partial charge >= 0.3 is 0 Å². The normalized spacial score (nSPS) is 10.4. The Morgan fingerprint density at radius 1 is 1.55 bits per heavy atom. The van der Waals surface area contributed by atoms with Gasteiger partial charge in [-0.05, 0) is 31.0 Å². The molecule has 2 N–H and O–H groups in total. The maximum Gasteiger partial charge on any atom is 0.0217 e. The van der Waals surface area contributed by atoms with E-state index in [1.165, 1.54) is 12.0 Å². The van der Waals surface area contributed by atoms with Gasteiger partial charge in [-0.2, -0.15) is 0 Å². The summed E-state index contributed by atoms with van der Waals surface area (Å²) in [4.78, 5) is 0. The molecule has 2 nitrogen and oxygen atoms in total. The van der Waals surface area contributed by atoms with Gasteiger partial charge < -0.3 is 10.3 Å². The first kappa shape index (κ1) is 8.34. The summed E-state index contributed by atoms with van der Waals surface area (Å²) in [5.41, 5.74) is 6.78. The predicted molar refractivity (Wildman–Crippen MR) is 47.5 cm³/mol. The lowest BCUT2D eigenvalue weighted by atomic mass is 10.2. The van der Waals surface area contributed by atoms with Crippen molar-refractivity contribution in [1.29, 1.82) is 0 Å². The fourth-order valence-corrected chi connectivity index (χ4v) is 1.20. The van der Waals surface area contributed by atoms with Crippen LogP contribution in [0.5, 0.6) is 0 Å². The fourth-order valence-electron chi connectivity index (χ4n) is 1.20. The van der Waals surface area contributed by atoms with Crippen molar-refractivity contribution in [2.45, 2.75) is 26.3 Å². The van der Waals surface area contributed by atoms with Crippen LogP contribution in [0.2, 0.25) is 0 Å². The molecule has 0 aromatic carbocycles. The van der Waals surface area contributed by atoms with Crippen molar-refractivity contribution in [1.82, 2.24) is 4.57 Å². The van der Waals surface area contributed by atoms with E-state index in [1.54, 1.807) is 0 Å². The second kappa shape index (κ2) is 4.19. The summed E-state index contributed by atoms with van der Waals surface area (Å²) in [7, 11) is 0. The molecule has 0 saturated heterocycles. The topological polar surface area (TPSA) is 30.9 Å². The van der Waals surface area contributed by atoms with Crippen molar-refractivity contribution in [3.8, 4) is 0 Å². The lowest BCUT2D eigenvalue weighted by Crippen LogP contribution is -2.01. The molecule has 0 bridgehead atoms. The van der Waals surface area contributed by atoms with Gasteiger partial charge in [0.2, 0.25) is 0 Å². The van der Waals surface area contributed by atoms with Gasteiger partial charge in [0.05, 0.1) is 0 Å². The molecule has 2 heteroatoms. The van der Waals surface area contributed by atoms with Gasteiger partial charge in [0.15, 0.2) is 0 Å². The van der Waals surface area contributed by atoms with Crippen LogP contribution >= 0.6 is 0 Å². The minimum atomic E-state index is 0.746. The van der Waals surface area contributed by atoms with E-state index in [4.69, 9.17) is 5.73 Å². The Hall–Kier alpha value is -0.760. The van der Waals surface area contributed by atoms with Crippen LogP contribution in [0.4, 0.5) is 0 Å². The largest absolute Gasteiger partial charge is 0.354 e. The first-order chi connectivity index (χ1) is 5.36. The maximum absolute atomic E-state index is 5.43. The molecule has 1 aromatic heterocycles. The Morgan fingerprint density at radius 2 is 2.36 bits per heavy atom. The van der Waals surface area contributed by atoms with Crippen LogP contribution in [-0.2, 0) is 13.0 Å². The van der Waals surface area contributed by atoms with Crippen molar-refractivity contribution >= 4 is 0 Å². The number of nitrogens with zero attached hydrogens (tertiary/aromatic N) is 1. The molecule has 1 rings (SSSR count). The molecule has 0 fully saturated rings. The molecule has 62 valence electrons. The summed E-state index contributed by atoms with van der Waals surface area (Å²) in [6.07, 6.45) is 6.48. The summed E-state index contributed by atoms with van der Waals surface area (Å²) >= 11 is 0. The molecular weight excluding hydrogens is 136 g/mol. The van der Waals surface area contributed by atoms with E-state index in [-0.39, 0.29) is 0 Å². The molecule has 11 heavy (non-hydrogen) atoms. The number of aromatic nitrogens is 1. The minimum absolute atomic E-state index is 0.746. The lowest BCUT2D eigenvalue weighted by molar-refractivity contribution is 0.681. The van der Waals surface area contributed by atoms with Gasteiger partial charge in [-0.25, -0.2) is 0 Å². The van der Waals surface area contributed by atoms with E-state index >= 15 is 0 Å². The minimum Gasteiger partial charge on any atom is -0.354 e. The highest BCUT2D eigenvalue weighted by Gasteiger charge is 1.93. The molecule has 0 atom stereocenters. The average molecular weight is 152 g/mol. The van der Waals surface area contributed by atoms with Crippen LogP contribution in [0.3, 0.4) is 0 Å². The molecule has 0 amide bonds. The van der Waals surface area contributed by atoms with E-state index in [2.05, 4.69) is 30.0 Å². The van der Waals surface area contributed by atoms with E-state index < -0.39 is 0 Å². The molecule has 0 aliphatic rings. The molecule has 0 spiro atoms. The molecule has 0 saturated carbocycles. The zero-order valence-electron chi connectivity index (χ0n) is 7.09. The first-order valence-corrected chi connectivity index (χ1v) is 4.21. The van der Waals surface area contributed by atoms with Gasteiger partial charge in [-0.15, -0.1) is 0 Å². The van der Waals surface area contributed by atoms with E-state index in [0.717, 1.165) is 19.5 Å². The van der Waals surface area contributed by atoms with Crippen molar-refractivity contribution in [3.05, 3.63) is 24.0 Å². The van der Waals surface area contributed by atoms with E-state index in [1.807, 2.05) is 0 Å². The van der Waals surface area contributed by atoms with Crippen molar-refractivity contribution in [3.63, 3.8) is 0 Å². The van der Waals surface area contributed by atoms with Crippen molar-refractivity contribution in [2.24, 2.45) is 5.73 Å². The SMILES string of the molecule is CCCn1ccc(CCN)c1. The van der Waals surface area contributed by atoms with Gasteiger partial charge in [0.1, 0.15) is 0 Å². The third-order valence-electron chi connectivity index (χ3n) is 1.73. The zero-order valence-corrected chi connectivity index (χ0v) is 7.09. The molecular formula is C9H16N2. The maximum atomic E-state index is 5.43. The zero-order chi connectivity index (χ0) is 8.10.